The second-order valence-corrected chi connectivity index (χ2v) is 7.16. The first-order chi connectivity index (χ1) is 12.5. The van der Waals surface area contributed by atoms with E-state index in [1.807, 2.05) is 63.2 Å². The van der Waals surface area contributed by atoms with Crippen molar-refractivity contribution in [3.63, 3.8) is 0 Å². The van der Waals surface area contributed by atoms with E-state index in [-0.39, 0.29) is 5.91 Å². The van der Waals surface area contributed by atoms with Crippen LogP contribution in [-0.4, -0.2) is 25.7 Å². The zero-order chi connectivity index (χ0) is 18.3. The van der Waals surface area contributed by atoms with E-state index in [0.717, 1.165) is 38.2 Å². The Morgan fingerprint density at radius 3 is 2.69 bits per heavy atom. The van der Waals surface area contributed by atoms with E-state index >= 15 is 0 Å². The number of aromatic nitrogens is 4. The fourth-order valence-corrected chi connectivity index (χ4v) is 3.58. The van der Waals surface area contributed by atoms with Gasteiger partial charge in [-0.1, -0.05) is 41.2 Å². The SMILES string of the molecule is Cc1cccc(C(=O)Nc2cc(-c3nn4c(C)nnc4s3)ccc2C)c1. The van der Waals surface area contributed by atoms with E-state index in [4.69, 9.17) is 0 Å². The minimum atomic E-state index is -0.122. The van der Waals surface area contributed by atoms with Gasteiger partial charge in [-0.05, 0) is 44.5 Å². The number of aryl methyl sites for hydroxylation is 3. The summed E-state index contributed by atoms with van der Waals surface area (Å²) in [5.74, 6) is 0.630. The number of benzene rings is 2. The molecule has 26 heavy (non-hydrogen) atoms. The highest BCUT2D eigenvalue weighted by molar-refractivity contribution is 7.19. The molecule has 4 rings (SSSR count). The van der Waals surface area contributed by atoms with E-state index in [1.54, 1.807) is 4.52 Å². The molecule has 0 atom stereocenters. The molecule has 1 N–H and O–H groups in total. The topological polar surface area (TPSA) is 72.2 Å². The molecule has 0 aliphatic carbocycles. The Morgan fingerprint density at radius 1 is 1.08 bits per heavy atom. The molecule has 4 aromatic rings. The summed E-state index contributed by atoms with van der Waals surface area (Å²) in [6.45, 7) is 5.81. The second kappa shape index (κ2) is 6.34. The summed E-state index contributed by atoms with van der Waals surface area (Å²) >= 11 is 1.47. The lowest BCUT2D eigenvalue weighted by Crippen LogP contribution is -2.13. The van der Waals surface area contributed by atoms with Crippen molar-refractivity contribution in [2.75, 3.05) is 5.32 Å². The lowest BCUT2D eigenvalue weighted by molar-refractivity contribution is 0.102. The number of carbonyl (C=O) groups excluding carboxylic acids is 1. The molecular formula is C19H17N5OS. The van der Waals surface area contributed by atoms with E-state index < -0.39 is 0 Å². The summed E-state index contributed by atoms with van der Waals surface area (Å²) < 4.78 is 1.73. The molecule has 0 fully saturated rings. The summed E-state index contributed by atoms with van der Waals surface area (Å²) in [5.41, 5.74) is 4.40. The molecule has 0 radical (unpaired) electrons. The van der Waals surface area contributed by atoms with Crippen molar-refractivity contribution >= 4 is 27.9 Å². The highest BCUT2D eigenvalue weighted by Gasteiger charge is 2.13. The van der Waals surface area contributed by atoms with Crippen molar-refractivity contribution < 1.29 is 4.79 Å². The molecule has 6 nitrogen and oxygen atoms in total. The molecule has 7 heteroatoms. The van der Waals surface area contributed by atoms with Gasteiger partial charge >= 0.3 is 0 Å². The third-order valence-corrected chi connectivity index (χ3v) is 5.11. The largest absolute Gasteiger partial charge is 0.322 e. The number of nitrogens with zero attached hydrogens (tertiary/aromatic N) is 4. The van der Waals surface area contributed by atoms with Crippen molar-refractivity contribution in [3.05, 3.63) is 65.0 Å². The Balaban J connectivity index is 1.66. The van der Waals surface area contributed by atoms with Crippen LogP contribution in [0.25, 0.3) is 15.5 Å². The number of hydrogen-bond acceptors (Lipinski definition) is 5. The fourth-order valence-electron chi connectivity index (χ4n) is 2.70. The van der Waals surface area contributed by atoms with Gasteiger partial charge < -0.3 is 5.32 Å². The molecule has 0 unspecified atom stereocenters. The van der Waals surface area contributed by atoms with Crippen LogP contribution in [0.15, 0.2) is 42.5 Å². The standard InChI is InChI=1S/C19H17N5OS/c1-11-5-4-6-14(9-11)17(25)20-16-10-15(8-7-12(16)2)18-23-24-13(3)21-22-19(24)26-18/h4-10H,1-3H3,(H,20,25). The lowest BCUT2D eigenvalue weighted by atomic mass is 10.1. The number of hydrogen-bond donors (Lipinski definition) is 1. The van der Waals surface area contributed by atoms with Crippen molar-refractivity contribution in [2.24, 2.45) is 0 Å². The minimum Gasteiger partial charge on any atom is -0.322 e. The Kier molecular flexibility index (Phi) is 4.00. The maximum absolute atomic E-state index is 12.6. The van der Waals surface area contributed by atoms with Gasteiger partial charge in [0.1, 0.15) is 5.01 Å². The third-order valence-electron chi connectivity index (χ3n) is 4.16. The van der Waals surface area contributed by atoms with Crippen molar-refractivity contribution in [1.82, 2.24) is 19.8 Å². The highest BCUT2D eigenvalue weighted by atomic mass is 32.1. The average molecular weight is 363 g/mol. The molecule has 0 saturated carbocycles. The maximum Gasteiger partial charge on any atom is 0.255 e. The van der Waals surface area contributed by atoms with E-state index in [1.165, 1.54) is 11.3 Å². The van der Waals surface area contributed by atoms with E-state index in [9.17, 15) is 4.79 Å². The number of fused-ring (bicyclic) bond motifs is 1. The molecule has 0 saturated heterocycles. The van der Waals surface area contributed by atoms with Gasteiger partial charge in [0.05, 0.1) is 0 Å². The Morgan fingerprint density at radius 2 is 1.92 bits per heavy atom. The molecule has 0 aliphatic heterocycles. The zero-order valence-electron chi connectivity index (χ0n) is 14.6. The van der Waals surface area contributed by atoms with Crippen LogP contribution in [0, 0.1) is 20.8 Å². The maximum atomic E-state index is 12.6. The summed E-state index contributed by atoms with van der Waals surface area (Å²) in [5, 5.41) is 16.5. The van der Waals surface area contributed by atoms with Crippen LogP contribution in [-0.2, 0) is 0 Å². The van der Waals surface area contributed by atoms with Crippen molar-refractivity contribution in [2.45, 2.75) is 20.8 Å². The Labute approximate surface area is 154 Å². The van der Waals surface area contributed by atoms with Crippen LogP contribution in [0.3, 0.4) is 0 Å². The van der Waals surface area contributed by atoms with Crippen LogP contribution < -0.4 is 5.32 Å². The average Bonchev–Trinajstić information content (AvgIpc) is 3.19. The minimum absolute atomic E-state index is 0.122. The summed E-state index contributed by atoms with van der Waals surface area (Å²) in [6.07, 6.45) is 0. The van der Waals surface area contributed by atoms with Crippen LogP contribution in [0.2, 0.25) is 0 Å². The molecule has 0 bridgehead atoms. The van der Waals surface area contributed by atoms with Gasteiger partial charge in [0.15, 0.2) is 5.82 Å². The van der Waals surface area contributed by atoms with Gasteiger partial charge in [0, 0.05) is 16.8 Å². The molecule has 2 heterocycles. The third kappa shape index (κ3) is 2.97. The molecule has 0 spiro atoms. The first kappa shape index (κ1) is 16.4. The van der Waals surface area contributed by atoms with Gasteiger partial charge in [0.25, 0.3) is 5.91 Å². The molecule has 130 valence electrons. The summed E-state index contributed by atoms with van der Waals surface area (Å²) in [4.78, 5) is 13.3. The Hall–Kier alpha value is -3.06. The van der Waals surface area contributed by atoms with E-state index in [0.29, 0.717) is 5.56 Å². The number of nitrogens with one attached hydrogen (secondary N) is 1. The summed E-state index contributed by atoms with van der Waals surface area (Å²) in [6, 6.07) is 13.5. The van der Waals surface area contributed by atoms with Gasteiger partial charge in [-0.25, -0.2) is 0 Å². The predicted molar refractivity (Wildman–Crippen MR) is 103 cm³/mol. The van der Waals surface area contributed by atoms with Gasteiger partial charge in [-0.3, -0.25) is 4.79 Å². The first-order valence-corrected chi connectivity index (χ1v) is 9.01. The molecular weight excluding hydrogens is 346 g/mol. The number of rotatable bonds is 3. The monoisotopic (exact) mass is 363 g/mol. The molecule has 1 amide bonds. The highest BCUT2D eigenvalue weighted by Crippen LogP contribution is 2.29. The second-order valence-electron chi connectivity index (χ2n) is 6.20. The summed E-state index contributed by atoms with van der Waals surface area (Å²) in [7, 11) is 0. The predicted octanol–water partition coefficient (Wildman–Crippen LogP) is 4.03. The van der Waals surface area contributed by atoms with Crippen LogP contribution in [0.4, 0.5) is 5.69 Å². The Bertz CT molecular complexity index is 1130. The molecule has 2 aromatic heterocycles. The lowest BCUT2D eigenvalue weighted by Gasteiger charge is -2.10. The fraction of sp³-hybridized carbons (Fsp3) is 0.158. The number of anilines is 1. The van der Waals surface area contributed by atoms with Crippen molar-refractivity contribution in [3.8, 4) is 10.6 Å². The van der Waals surface area contributed by atoms with Gasteiger partial charge in [0.2, 0.25) is 4.96 Å². The van der Waals surface area contributed by atoms with Crippen molar-refractivity contribution in [1.29, 1.82) is 0 Å². The van der Waals surface area contributed by atoms with Gasteiger partial charge in [-0.15, -0.1) is 10.2 Å². The zero-order valence-corrected chi connectivity index (χ0v) is 15.5. The normalized spacial score (nSPS) is 11.0. The van der Waals surface area contributed by atoms with Gasteiger partial charge in [-0.2, -0.15) is 9.61 Å². The quantitative estimate of drug-likeness (QED) is 0.596. The molecule has 0 aliphatic rings. The van der Waals surface area contributed by atoms with Crippen LogP contribution >= 0.6 is 11.3 Å². The first-order valence-electron chi connectivity index (χ1n) is 8.19. The van der Waals surface area contributed by atoms with Crippen LogP contribution in [0.5, 0.6) is 0 Å². The van der Waals surface area contributed by atoms with Crippen LogP contribution in [0.1, 0.15) is 27.3 Å². The number of carbonyl (C=O) groups is 1. The smallest absolute Gasteiger partial charge is 0.255 e. The number of amides is 1. The van der Waals surface area contributed by atoms with E-state index in [2.05, 4.69) is 20.6 Å². The molecule has 2 aromatic carbocycles.